The lowest BCUT2D eigenvalue weighted by Gasteiger charge is -2.00. The van der Waals surface area contributed by atoms with Crippen LogP contribution in [-0.4, -0.2) is 33.6 Å². The van der Waals surface area contributed by atoms with E-state index in [0.29, 0.717) is 5.82 Å². The van der Waals surface area contributed by atoms with Crippen LogP contribution in [0.25, 0.3) is 0 Å². The SMILES string of the molecule is Cc1ncc(S(=O)(=O)Nc2ncn[nH]2)[nH]1. The molecule has 0 amide bonds. The molecule has 2 heterocycles. The first-order valence-corrected chi connectivity index (χ1v) is 5.46. The first-order chi connectivity index (χ1) is 7.08. The highest BCUT2D eigenvalue weighted by molar-refractivity contribution is 7.92. The van der Waals surface area contributed by atoms with Gasteiger partial charge in [0.1, 0.15) is 12.2 Å². The molecule has 2 aromatic rings. The number of rotatable bonds is 3. The van der Waals surface area contributed by atoms with Crippen LogP contribution in [-0.2, 0) is 10.0 Å². The molecule has 15 heavy (non-hydrogen) atoms. The van der Waals surface area contributed by atoms with Gasteiger partial charge in [0.25, 0.3) is 10.0 Å². The normalized spacial score (nSPS) is 11.5. The summed E-state index contributed by atoms with van der Waals surface area (Å²) in [6.45, 7) is 1.66. The first-order valence-electron chi connectivity index (χ1n) is 3.98. The van der Waals surface area contributed by atoms with E-state index in [0.717, 1.165) is 0 Å². The average molecular weight is 228 g/mol. The predicted octanol–water partition coefficient (Wildman–Crippen LogP) is -0.363. The van der Waals surface area contributed by atoms with Gasteiger partial charge in [-0.05, 0) is 6.92 Å². The first kappa shape index (κ1) is 9.65. The van der Waals surface area contributed by atoms with Crippen LogP contribution >= 0.6 is 0 Å². The lowest BCUT2D eigenvalue weighted by molar-refractivity contribution is 0.597. The van der Waals surface area contributed by atoms with Gasteiger partial charge in [0.05, 0.1) is 6.20 Å². The van der Waals surface area contributed by atoms with Gasteiger partial charge in [0.2, 0.25) is 5.95 Å². The van der Waals surface area contributed by atoms with Crippen LogP contribution in [0.15, 0.2) is 17.6 Å². The Labute approximate surface area is 85.2 Å². The highest BCUT2D eigenvalue weighted by Gasteiger charge is 2.17. The zero-order valence-electron chi connectivity index (χ0n) is 7.72. The molecule has 3 N–H and O–H groups in total. The molecule has 0 saturated heterocycles. The second kappa shape index (κ2) is 3.35. The zero-order valence-corrected chi connectivity index (χ0v) is 8.54. The van der Waals surface area contributed by atoms with Crippen molar-refractivity contribution in [2.24, 2.45) is 0 Å². The summed E-state index contributed by atoms with van der Waals surface area (Å²) < 4.78 is 25.5. The number of imidazole rings is 1. The third-order valence-corrected chi connectivity index (χ3v) is 2.86. The Bertz CT molecular complexity index is 542. The molecule has 2 rings (SSSR count). The third-order valence-electron chi connectivity index (χ3n) is 1.62. The molecule has 0 bridgehead atoms. The molecule has 0 radical (unpaired) electrons. The molecule has 0 aliphatic rings. The molecule has 0 aliphatic carbocycles. The van der Waals surface area contributed by atoms with Crippen LogP contribution in [0.2, 0.25) is 0 Å². The minimum Gasteiger partial charge on any atom is -0.332 e. The molecule has 0 fully saturated rings. The van der Waals surface area contributed by atoms with Crippen LogP contribution in [0, 0.1) is 6.92 Å². The van der Waals surface area contributed by atoms with Gasteiger partial charge >= 0.3 is 0 Å². The lowest BCUT2D eigenvalue weighted by Crippen LogP contribution is -2.14. The van der Waals surface area contributed by atoms with Crippen LogP contribution < -0.4 is 4.72 Å². The van der Waals surface area contributed by atoms with Gasteiger partial charge in [0.15, 0.2) is 5.03 Å². The Morgan fingerprint density at radius 2 is 2.20 bits per heavy atom. The molecule has 2 aromatic heterocycles. The van der Waals surface area contributed by atoms with E-state index in [-0.39, 0.29) is 11.0 Å². The quantitative estimate of drug-likeness (QED) is 0.663. The maximum atomic E-state index is 11.6. The Morgan fingerprint density at radius 1 is 1.40 bits per heavy atom. The van der Waals surface area contributed by atoms with Crippen molar-refractivity contribution in [3.63, 3.8) is 0 Å². The monoisotopic (exact) mass is 228 g/mol. The Kier molecular flexibility index (Phi) is 2.15. The van der Waals surface area contributed by atoms with Gasteiger partial charge in [-0.3, -0.25) is 0 Å². The second-order valence-electron chi connectivity index (χ2n) is 2.77. The van der Waals surface area contributed by atoms with E-state index in [4.69, 9.17) is 0 Å². The van der Waals surface area contributed by atoms with Crippen LogP contribution in [0.5, 0.6) is 0 Å². The summed E-state index contributed by atoms with van der Waals surface area (Å²) in [5.41, 5.74) is 0. The fourth-order valence-corrected chi connectivity index (χ4v) is 1.91. The smallest absolute Gasteiger partial charge is 0.281 e. The predicted molar refractivity (Wildman–Crippen MR) is 50.5 cm³/mol. The van der Waals surface area contributed by atoms with Crippen molar-refractivity contribution in [3.8, 4) is 0 Å². The number of H-pyrrole nitrogens is 2. The lowest BCUT2D eigenvalue weighted by atomic mass is 10.8. The van der Waals surface area contributed by atoms with E-state index in [1.165, 1.54) is 12.5 Å². The fourth-order valence-electron chi connectivity index (χ4n) is 0.972. The Balaban J connectivity index is 2.28. The summed E-state index contributed by atoms with van der Waals surface area (Å²) >= 11 is 0. The number of sulfonamides is 1. The topological polar surface area (TPSA) is 116 Å². The highest BCUT2D eigenvalue weighted by atomic mass is 32.2. The van der Waals surface area contributed by atoms with Crippen molar-refractivity contribution in [2.75, 3.05) is 4.72 Å². The minimum absolute atomic E-state index is 0.0172. The molecule has 80 valence electrons. The van der Waals surface area contributed by atoms with Crippen molar-refractivity contribution in [1.29, 1.82) is 0 Å². The van der Waals surface area contributed by atoms with E-state index < -0.39 is 10.0 Å². The van der Waals surface area contributed by atoms with Gasteiger partial charge in [-0.2, -0.15) is 18.5 Å². The van der Waals surface area contributed by atoms with E-state index in [1.807, 2.05) is 0 Å². The van der Waals surface area contributed by atoms with E-state index in [2.05, 4.69) is 29.9 Å². The van der Waals surface area contributed by atoms with Crippen molar-refractivity contribution < 1.29 is 8.42 Å². The van der Waals surface area contributed by atoms with Gasteiger partial charge in [-0.1, -0.05) is 0 Å². The largest absolute Gasteiger partial charge is 0.332 e. The summed E-state index contributed by atoms with van der Waals surface area (Å²) in [6.07, 6.45) is 2.43. The van der Waals surface area contributed by atoms with Crippen LogP contribution in [0.1, 0.15) is 5.82 Å². The molecule has 0 atom stereocenters. The molecule has 0 spiro atoms. The summed E-state index contributed by atoms with van der Waals surface area (Å²) in [7, 11) is -3.66. The summed E-state index contributed by atoms with van der Waals surface area (Å²) in [6, 6.07) is 0. The summed E-state index contributed by atoms with van der Waals surface area (Å²) in [5.74, 6) is 0.579. The van der Waals surface area contributed by atoms with Gasteiger partial charge in [-0.15, -0.1) is 0 Å². The number of aromatic nitrogens is 5. The fraction of sp³-hybridized carbons (Fsp3) is 0.167. The zero-order chi connectivity index (χ0) is 10.9. The second-order valence-corrected chi connectivity index (χ2v) is 4.42. The molecule has 0 saturated carbocycles. The van der Waals surface area contributed by atoms with E-state index >= 15 is 0 Å². The van der Waals surface area contributed by atoms with Gasteiger partial charge in [-0.25, -0.2) is 14.8 Å². The molecule has 0 aliphatic heterocycles. The minimum atomic E-state index is -3.66. The number of anilines is 1. The third kappa shape index (κ3) is 1.96. The Hall–Kier alpha value is -1.90. The molecule has 0 unspecified atom stereocenters. The van der Waals surface area contributed by atoms with Crippen LogP contribution in [0.3, 0.4) is 0 Å². The number of aromatic amines is 2. The van der Waals surface area contributed by atoms with E-state index in [1.54, 1.807) is 6.92 Å². The Morgan fingerprint density at radius 3 is 2.73 bits per heavy atom. The summed E-state index contributed by atoms with van der Waals surface area (Å²) in [4.78, 5) is 10.0. The molecule has 0 aromatic carbocycles. The van der Waals surface area contributed by atoms with Crippen molar-refractivity contribution >= 4 is 16.0 Å². The number of nitrogens with zero attached hydrogens (tertiary/aromatic N) is 3. The van der Waals surface area contributed by atoms with Crippen molar-refractivity contribution in [3.05, 3.63) is 18.3 Å². The van der Waals surface area contributed by atoms with E-state index in [9.17, 15) is 8.42 Å². The number of aryl methyl sites for hydroxylation is 1. The van der Waals surface area contributed by atoms with Gasteiger partial charge in [0, 0.05) is 0 Å². The molecule has 8 nitrogen and oxygen atoms in total. The number of hydrogen-bond acceptors (Lipinski definition) is 5. The van der Waals surface area contributed by atoms with Crippen molar-refractivity contribution in [1.82, 2.24) is 25.1 Å². The van der Waals surface area contributed by atoms with Crippen LogP contribution in [0.4, 0.5) is 5.95 Å². The molecule has 9 heteroatoms. The summed E-state index contributed by atoms with van der Waals surface area (Å²) in [5, 5.41) is 5.88. The maximum Gasteiger partial charge on any atom is 0.281 e. The van der Waals surface area contributed by atoms with Gasteiger partial charge < -0.3 is 4.98 Å². The molecular weight excluding hydrogens is 220 g/mol. The number of nitrogens with one attached hydrogen (secondary N) is 3. The molecular formula is C6H8N6O2S. The average Bonchev–Trinajstić information content (AvgIpc) is 2.75. The highest BCUT2D eigenvalue weighted by Crippen LogP contribution is 2.09. The standard InChI is InChI=1S/C6H8N6O2S/c1-4-7-2-5(10-4)15(13,14)12-6-8-3-9-11-6/h2-3H,1H3,(H,7,10)(H2,8,9,11,12). The van der Waals surface area contributed by atoms with Crippen molar-refractivity contribution in [2.45, 2.75) is 11.9 Å². The maximum absolute atomic E-state index is 11.6. The number of hydrogen-bond donors (Lipinski definition) is 3.